The summed E-state index contributed by atoms with van der Waals surface area (Å²) in [6.07, 6.45) is 6.81. The van der Waals surface area contributed by atoms with E-state index in [0.717, 1.165) is 36.3 Å². The van der Waals surface area contributed by atoms with Gasteiger partial charge in [-0.15, -0.1) is 0 Å². The van der Waals surface area contributed by atoms with Crippen molar-refractivity contribution in [2.45, 2.75) is 32.4 Å². The van der Waals surface area contributed by atoms with E-state index in [1.165, 1.54) is 0 Å². The van der Waals surface area contributed by atoms with Crippen LogP contribution in [0.1, 0.15) is 24.0 Å². The van der Waals surface area contributed by atoms with Crippen LogP contribution in [0.25, 0.3) is 0 Å². The van der Waals surface area contributed by atoms with E-state index in [4.69, 9.17) is 4.74 Å². The standard InChI is InChI=1S/C22H23N5O2/c1-16-5-2-7-18(13-16)29-20-9-11-24-22(26-20)27-12-4-8-19(27)21(28)25-15-17-6-3-10-23-14-17/h2-3,5-7,9-11,13-14,19H,4,8,12,15H2,1H3,(H,25,28)/t19-/m0/s1. The van der Waals surface area contributed by atoms with E-state index in [0.29, 0.717) is 18.4 Å². The molecular weight excluding hydrogens is 366 g/mol. The van der Waals surface area contributed by atoms with E-state index in [1.54, 1.807) is 24.7 Å². The van der Waals surface area contributed by atoms with Gasteiger partial charge in [0.25, 0.3) is 0 Å². The lowest BCUT2D eigenvalue weighted by atomic mass is 10.2. The van der Waals surface area contributed by atoms with Crippen LogP contribution in [0.5, 0.6) is 11.6 Å². The first kappa shape index (κ1) is 18.9. The smallest absolute Gasteiger partial charge is 0.243 e. The van der Waals surface area contributed by atoms with Gasteiger partial charge in [0, 0.05) is 37.7 Å². The van der Waals surface area contributed by atoms with Crippen LogP contribution in [-0.4, -0.2) is 33.4 Å². The molecule has 7 nitrogen and oxygen atoms in total. The topological polar surface area (TPSA) is 80.2 Å². The number of amides is 1. The highest BCUT2D eigenvalue weighted by atomic mass is 16.5. The van der Waals surface area contributed by atoms with E-state index < -0.39 is 0 Å². The Balaban J connectivity index is 1.44. The molecule has 3 aromatic rings. The SMILES string of the molecule is Cc1cccc(Oc2ccnc(N3CCC[C@H]3C(=O)NCc3cccnc3)n2)c1. The lowest BCUT2D eigenvalue weighted by molar-refractivity contribution is -0.122. The molecule has 1 aromatic carbocycles. The maximum absolute atomic E-state index is 12.8. The minimum absolute atomic E-state index is 0.0278. The van der Waals surface area contributed by atoms with Crippen molar-refractivity contribution in [1.82, 2.24) is 20.3 Å². The Morgan fingerprint density at radius 2 is 2.17 bits per heavy atom. The summed E-state index contributed by atoms with van der Waals surface area (Å²) in [5.74, 6) is 1.66. The first-order valence-electron chi connectivity index (χ1n) is 9.70. The average Bonchev–Trinajstić information content (AvgIpc) is 3.23. The summed E-state index contributed by atoms with van der Waals surface area (Å²) >= 11 is 0. The number of carbonyl (C=O) groups excluding carboxylic acids is 1. The molecule has 1 amide bonds. The lowest BCUT2D eigenvalue weighted by Crippen LogP contribution is -2.43. The molecule has 4 rings (SSSR count). The zero-order valence-electron chi connectivity index (χ0n) is 16.3. The quantitative estimate of drug-likeness (QED) is 0.697. The minimum atomic E-state index is -0.291. The predicted octanol–water partition coefficient (Wildman–Crippen LogP) is 3.26. The van der Waals surface area contributed by atoms with Gasteiger partial charge in [0.2, 0.25) is 17.7 Å². The molecule has 3 heterocycles. The Labute approximate surface area is 169 Å². The molecule has 0 bridgehead atoms. The zero-order chi connectivity index (χ0) is 20.1. The third kappa shape index (κ3) is 4.68. The second-order valence-electron chi connectivity index (χ2n) is 7.04. The van der Waals surface area contributed by atoms with Crippen molar-refractivity contribution < 1.29 is 9.53 Å². The molecule has 29 heavy (non-hydrogen) atoms. The number of anilines is 1. The van der Waals surface area contributed by atoms with Gasteiger partial charge in [-0.3, -0.25) is 9.78 Å². The number of rotatable bonds is 6. The fourth-order valence-corrected chi connectivity index (χ4v) is 3.42. The molecule has 148 valence electrons. The summed E-state index contributed by atoms with van der Waals surface area (Å²) in [6.45, 7) is 3.20. The van der Waals surface area contributed by atoms with Crippen LogP contribution in [0, 0.1) is 6.92 Å². The molecule has 7 heteroatoms. The highest BCUT2D eigenvalue weighted by molar-refractivity contribution is 5.85. The third-order valence-electron chi connectivity index (χ3n) is 4.83. The molecular formula is C22H23N5O2. The number of hydrogen-bond acceptors (Lipinski definition) is 6. The Hall–Kier alpha value is -3.48. The maximum Gasteiger partial charge on any atom is 0.243 e. The summed E-state index contributed by atoms with van der Waals surface area (Å²) in [7, 11) is 0. The molecule has 1 fully saturated rings. The van der Waals surface area contributed by atoms with Gasteiger partial charge in [-0.2, -0.15) is 4.98 Å². The van der Waals surface area contributed by atoms with Crippen molar-refractivity contribution in [3.05, 3.63) is 72.2 Å². The minimum Gasteiger partial charge on any atom is -0.439 e. The first-order chi connectivity index (χ1) is 14.2. The summed E-state index contributed by atoms with van der Waals surface area (Å²) in [5, 5.41) is 2.99. The third-order valence-corrected chi connectivity index (χ3v) is 4.83. The van der Waals surface area contributed by atoms with Crippen LogP contribution in [0.15, 0.2) is 61.1 Å². The largest absolute Gasteiger partial charge is 0.439 e. The van der Waals surface area contributed by atoms with Crippen LogP contribution >= 0.6 is 0 Å². The molecule has 1 aliphatic rings. The van der Waals surface area contributed by atoms with Crippen LogP contribution < -0.4 is 15.0 Å². The van der Waals surface area contributed by atoms with Crippen molar-refractivity contribution in [2.75, 3.05) is 11.4 Å². The summed E-state index contributed by atoms with van der Waals surface area (Å²) < 4.78 is 5.88. The maximum atomic E-state index is 12.8. The number of pyridine rings is 1. The molecule has 2 aromatic heterocycles. The molecule has 1 saturated heterocycles. The van der Waals surface area contributed by atoms with Crippen LogP contribution in [0.4, 0.5) is 5.95 Å². The van der Waals surface area contributed by atoms with Crippen molar-refractivity contribution >= 4 is 11.9 Å². The Morgan fingerprint density at radius 1 is 1.24 bits per heavy atom. The van der Waals surface area contributed by atoms with Gasteiger partial charge < -0.3 is 15.0 Å². The summed E-state index contributed by atoms with van der Waals surface area (Å²) in [5.41, 5.74) is 2.08. The van der Waals surface area contributed by atoms with Gasteiger partial charge in [-0.05, 0) is 49.1 Å². The number of aromatic nitrogens is 3. The average molecular weight is 389 g/mol. The molecule has 1 N–H and O–H groups in total. The predicted molar refractivity (Wildman–Crippen MR) is 110 cm³/mol. The van der Waals surface area contributed by atoms with Gasteiger partial charge in [0.15, 0.2) is 0 Å². The van der Waals surface area contributed by atoms with Crippen LogP contribution in [0.3, 0.4) is 0 Å². The van der Waals surface area contributed by atoms with E-state index in [2.05, 4.69) is 20.3 Å². The molecule has 1 atom stereocenters. The van der Waals surface area contributed by atoms with Crippen molar-refractivity contribution in [3.8, 4) is 11.6 Å². The Morgan fingerprint density at radius 3 is 3.00 bits per heavy atom. The Kier molecular flexibility index (Phi) is 5.65. The van der Waals surface area contributed by atoms with Gasteiger partial charge in [0.1, 0.15) is 11.8 Å². The van der Waals surface area contributed by atoms with Gasteiger partial charge in [-0.25, -0.2) is 4.98 Å². The molecule has 0 saturated carbocycles. The number of hydrogen-bond donors (Lipinski definition) is 1. The monoisotopic (exact) mass is 389 g/mol. The fourth-order valence-electron chi connectivity index (χ4n) is 3.42. The van der Waals surface area contributed by atoms with Crippen molar-refractivity contribution in [2.24, 2.45) is 0 Å². The molecule has 0 unspecified atom stereocenters. The molecule has 1 aliphatic heterocycles. The lowest BCUT2D eigenvalue weighted by Gasteiger charge is -2.24. The zero-order valence-corrected chi connectivity index (χ0v) is 16.3. The van der Waals surface area contributed by atoms with E-state index >= 15 is 0 Å². The Bertz CT molecular complexity index is 980. The number of benzene rings is 1. The highest BCUT2D eigenvalue weighted by Crippen LogP contribution is 2.26. The van der Waals surface area contributed by atoms with Crippen molar-refractivity contribution in [3.63, 3.8) is 0 Å². The van der Waals surface area contributed by atoms with E-state index in [1.807, 2.05) is 48.2 Å². The van der Waals surface area contributed by atoms with Gasteiger partial charge in [-0.1, -0.05) is 18.2 Å². The van der Waals surface area contributed by atoms with E-state index in [9.17, 15) is 4.79 Å². The normalized spacial score (nSPS) is 15.9. The highest BCUT2D eigenvalue weighted by Gasteiger charge is 2.32. The van der Waals surface area contributed by atoms with Gasteiger partial charge in [0.05, 0.1) is 0 Å². The first-order valence-corrected chi connectivity index (χ1v) is 9.70. The van der Waals surface area contributed by atoms with Crippen LogP contribution in [0.2, 0.25) is 0 Å². The number of ether oxygens (including phenoxy) is 1. The number of carbonyl (C=O) groups is 1. The van der Waals surface area contributed by atoms with E-state index in [-0.39, 0.29) is 11.9 Å². The number of aryl methyl sites for hydroxylation is 1. The second-order valence-corrected chi connectivity index (χ2v) is 7.04. The number of nitrogens with zero attached hydrogens (tertiary/aromatic N) is 4. The van der Waals surface area contributed by atoms with Crippen LogP contribution in [-0.2, 0) is 11.3 Å². The second kappa shape index (κ2) is 8.68. The molecule has 0 spiro atoms. The van der Waals surface area contributed by atoms with Gasteiger partial charge >= 0.3 is 0 Å². The molecule has 0 aliphatic carbocycles. The summed E-state index contributed by atoms with van der Waals surface area (Å²) in [6, 6.07) is 13.0. The number of nitrogens with one attached hydrogen (secondary N) is 1. The fraction of sp³-hybridized carbons (Fsp3) is 0.273. The summed E-state index contributed by atoms with van der Waals surface area (Å²) in [4.78, 5) is 27.7. The molecule has 0 radical (unpaired) electrons. The van der Waals surface area contributed by atoms with Crippen molar-refractivity contribution in [1.29, 1.82) is 0 Å².